The zero-order chi connectivity index (χ0) is 29.4. The van der Waals surface area contributed by atoms with Crippen LogP contribution in [0.3, 0.4) is 0 Å². The molecule has 2 aromatic heterocycles. The van der Waals surface area contributed by atoms with Gasteiger partial charge < -0.3 is 24.5 Å². The van der Waals surface area contributed by atoms with Crippen LogP contribution in [-0.2, 0) is 16.0 Å². The van der Waals surface area contributed by atoms with Crippen molar-refractivity contribution in [3.63, 3.8) is 0 Å². The highest BCUT2D eigenvalue weighted by Gasteiger charge is 2.28. The van der Waals surface area contributed by atoms with E-state index in [9.17, 15) is 9.59 Å². The molecule has 4 heterocycles. The van der Waals surface area contributed by atoms with Crippen molar-refractivity contribution in [3.05, 3.63) is 99.3 Å². The van der Waals surface area contributed by atoms with Gasteiger partial charge in [0.25, 0.3) is 5.91 Å². The Morgan fingerprint density at radius 1 is 1.05 bits per heavy atom. The van der Waals surface area contributed by atoms with Gasteiger partial charge in [-0.3, -0.25) is 9.59 Å². The van der Waals surface area contributed by atoms with Crippen LogP contribution in [0.2, 0.25) is 0 Å². The number of carbonyl (C=O) groups is 2. The van der Waals surface area contributed by atoms with Crippen molar-refractivity contribution in [1.29, 1.82) is 0 Å². The number of aryl methyl sites for hydroxylation is 4. The third kappa shape index (κ3) is 5.49. The molecular weight excluding hydrogens is 528 g/mol. The minimum absolute atomic E-state index is 0.132. The highest BCUT2D eigenvalue weighted by atomic mass is 16.5. The first-order chi connectivity index (χ1) is 20.3. The van der Waals surface area contributed by atoms with Crippen molar-refractivity contribution < 1.29 is 18.5 Å². The molecule has 42 heavy (non-hydrogen) atoms. The number of aromatic nitrogens is 1. The summed E-state index contributed by atoms with van der Waals surface area (Å²) >= 11 is 0. The fourth-order valence-electron chi connectivity index (χ4n) is 5.94. The molecule has 6 rings (SSSR count). The zero-order valence-electron chi connectivity index (χ0n) is 24.5. The topological polar surface area (TPSA) is 101 Å². The molecule has 0 saturated carbocycles. The number of nitrogens with zero attached hydrogens (tertiary/aromatic N) is 2. The molecule has 1 saturated heterocycles. The van der Waals surface area contributed by atoms with Gasteiger partial charge in [0.2, 0.25) is 5.91 Å². The monoisotopic (exact) mass is 564 g/mol. The minimum Gasteiger partial charge on any atom is -0.464 e. The van der Waals surface area contributed by atoms with Gasteiger partial charge in [-0.25, -0.2) is 0 Å². The number of amides is 2. The van der Waals surface area contributed by atoms with Crippen LogP contribution in [0.5, 0.6) is 0 Å². The summed E-state index contributed by atoms with van der Waals surface area (Å²) in [7, 11) is 0. The summed E-state index contributed by atoms with van der Waals surface area (Å²) in [5, 5.41) is 10.2. The van der Waals surface area contributed by atoms with Crippen molar-refractivity contribution in [2.24, 2.45) is 0 Å². The summed E-state index contributed by atoms with van der Waals surface area (Å²) < 4.78 is 11.4. The maximum absolute atomic E-state index is 13.6. The van der Waals surface area contributed by atoms with Gasteiger partial charge in [-0.2, -0.15) is 0 Å². The molecule has 0 bridgehead atoms. The molecule has 2 N–H and O–H groups in total. The summed E-state index contributed by atoms with van der Waals surface area (Å²) in [5.74, 6) is 1.83. The number of nitrogens with one attached hydrogen (secondary N) is 2. The van der Waals surface area contributed by atoms with Crippen molar-refractivity contribution in [1.82, 2.24) is 10.5 Å². The summed E-state index contributed by atoms with van der Waals surface area (Å²) in [6.07, 6.45) is 5.52. The van der Waals surface area contributed by atoms with Gasteiger partial charge in [0.05, 0.1) is 12.1 Å². The smallest absolute Gasteiger partial charge is 0.256 e. The van der Waals surface area contributed by atoms with Gasteiger partial charge in [-0.05, 0) is 94.5 Å². The predicted molar refractivity (Wildman–Crippen MR) is 163 cm³/mol. The zero-order valence-corrected chi connectivity index (χ0v) is 24.5. The third-order valence-corrected chi connectivity index (χ3v) is 8.15. The fraction of sp³-hybridized carbons (Fsp3) is 0.324. The number of rotatable bonds is 7. The van der Waals surface area contributed by atoms with Crippen LogP contribution >= 0.6 is 0 Å². The average Bonchev–Trinajstić information content (AvgIpc) is 3.65. The van der Waals surface area contributed by atoms with Gasteiger partial charge in [-0.15, -0.1) is 0 Å². The van der Waals surface area contributed by atoms with Crippen molar-refractivity contribution >= 4 is 34.8 Å². The van der Waals surface area contributed by atoms with Gasteiger partial charge in [0.15, 0.2) is 0 Å². The first-order valence-electron chi connectivity index (χ1n) is 14.6. The molecule has 2 aliphatic heterocycles. The summed E-state index contributed by atoms with van der Waals surface area (Å²) in [5.41, 5.74) is 7.67. The molecular formula is C34H36N4O4. The molecule has 8 nitrogen and oxygen atoms in total. The van der Waals surface area contributed by atoms with Crippen LogP contribution in [0.1, 0.15) is 76.1 Å². The highest BCUT2D eigenvalue weighted by molar-refractivity contribution is 6.35. The van der Waals surface area contributed by atoms with E-state index in [1.54, 1.807) is 6.08 Å². The van der Waals surface area contributed by atoms with E-state index in [1.807, 2.05) is 51.1 Å². The van der Waals surface area contributed by atoms with Gasteiger partial charge >= 0.3 is 0 Å². The lowest BCUT2D eigenvalue weighted by atomic mass is 9.97. The Hall–Kier alpha value is -4.59. The van der Waals surface area contributed by atoms with E-state index in [0.717, 1.165) is 71.0 Å². The molecule has 1 atom stereocenters. The Morgan fingerprint density at radius 3 is 2.57 bits per heavy atom. The molecule has 0 radical (unpaired) electrons. The maximum Gasteiger partial charge on any atom is 0.256 e. The van der Waals surface area contributed by atoms with E-state index < -0.39 is 6.04 Å². The molecule has 2 aromatic carbocycles. The number of carbonyl (C=O) groups excluding carboxylic acids is 2. The average molecular weight is 565 g/mol. The normalized spacial score (nSPS) is 16.4. The molecule has 2 aliphatic rings. The summed E-state index contributed by atoms with van der Waals surface area (Å²) in [6, 6.07) is 15.5. The van der Waals surface area contributed by atoms with E-state index in [1.165, 1.54) is 12.0 Å². The van der Waals surface area contributed by atoms with Crippen LogP contribution in [0.15, 0.2) is 57.5 Å². The largest absolute Gasteiger partial charge is 0.464 e. The Morgan fingerprint density at radius 2 is 1.86 bits per heavy atom. The molecule has 1 unspecified atom stereocenters. The molecule has 216 valence electrons. The van der Waals surface area contributed by atoms with Crippen LogP contribution < -0.4 is 15.5 Å². The number of anilines is 2. The molecule has 2 amide bonds. The van der Waals surface area contributed by atoms with E-state index in [4.69, 9.17) is 8.94 Å². The van der Waals surface area contributed by atoms with Crippen LogP contribution in [0, 0.1) is 27.7 Å². The van der Waals surface area contributed by atoms with Crippen LogP contribution in [0.25, 0.3) is 11.6 Å². The van der Waals surface area contributed by atoms with E-state index in [-0.39, 0.29) is 18.2 Å². The Bertz CT molecular complexity index is 1670. The van der Waals surface area contributed by atoms with Crippen molar-refractivity contribution in [3.8, 4) is 0 Å². The minimum atomic E-state index is -0.434. The van der Waals surface area contributed by atoms with Gasteiger partial charge in [0.1, 0.15) is 23.3 Å². The number of hydrogen-bond donors (Lipinski definition) is 2. The van der Waals surface area contributed by atoms with Gasteiger partial charge in [0, 0.05) is 46.7 Å². The molecule has 8 heteroatoms. The number of hydrogen-bond acceptors (Lipinski definition) is 6. The van der Waals surface area contributed by atoms with E-state index >= 15 is 0 Å². The SMILES string of the molecule is Cc1ccc(C(NC(=O)Cc2ccc3c(c2)/C(=C/c2c(C)noc2C)C(=O)N3)c2ccc(C)o2)c(N2CCCCC2)c1. The maximum atomic E-state index is 13.6. The highest BCUT2D eigenvalue weighted by Crippen LogP contribution is 2.36. The third-order valence-electron chi connectivity index (χ3n) is 8.15. The number of fused-ring (bicyclic) bond motifs is 1. The molecule has 1 fully saturated rings. The second-order valence-electron chi connectivity index (χ2n) is 11.4. The number of benzene rings is 2. The van der Waals surface area contributed by atoms with E-state index in [0.29, 0.717) is 17.1 Å². The molecule has 0 spiro atoms. The Balaban J connectivity index is 1.29. The van der Waals surface area contributed by atoms with Gasteiger partial charge in [-0.1, -0.05) is 23.4 Å². The first kappa shape index (κ1) is 27.6. The lowest BCUT2D eigenvalue weighted by molar-refractivity contribution is -0.121. The van der Waals surface area contributed by atoms with Crippen molar-refractivity contribution in [2.45, 2.75) is 59.4 Å². The lowest BCUT2D eigenvalue weighted by Gasteiger charge is -2.32. The summed E-state index contributed by atoms with van der Waals surface area (Å²) in [6.45, 7) is 9.68. The predicted octanol–water partition coefficient (Wildman–Crippen LogP) is 6.43. The fourth-order valence-corrected chi connectivity index (χ4v) is 5.94. The molecule has 0 aliphatic carbocycles. The second-order valence-corrected chi connectivity index (χ2v) is 11.4. The van der Waals surface area contributed by atoms with Crippen molar-refractivity contribution in [2.75, 3.05) is 23.3 Å². The number of furan rings is 1. The second kappa shape index (κ2) is 11.4. The quantitative estimate of drug-likeness (QED) is 0.251. The Kier molecular flexibility index (Phi) is 7.45. The standard InChI is InChI=1S/C34H36N4O4/c1-20-8-11-25(30(16-20)38-14-6-5-7-15-38)33(31-13-9-21(2)41-31)36-32(39)18-24-10-12-29-27(17-24)28(34(40)35-29)19-26-22(3)37-42-23(26)4/h8-13,16-17,19,33H,5-7,14-15,18H2,1-4H3,(H,35,40)(H,36,39)/b28-19-. The first-order valence-corrected chi connectivity index (χ1v) is 14.6. The van der Waals surface area contributed by atoms with E-state index in [2.05, 4.69) is 45.8 Å². The van der Waals surface area contributed by atoms with Crippen LogP contribution in [-0.4, -0.2) is 30.1 Å². The lowest BCUT2D eigenvalue weighted by Crippen LogP contribution is -2.34. The Labute approximate surface area is 245 Å². The van der Waals surface area contributed by atoms with Crippen LogP contribution in [0.4, 0.5) is 11.4 Å². The molecule has 4 aromatic rings. The number of piperidine rings is 1. The summed E-state index contributed by atoms with van der Waals surface area (Å²) in [4.78, 5) is 28.9.